The first kappa shape index (κ1) is 14.4. The van der Waals surface area contributed by atoms with Crippen molar-refractivity contribution in [2.45, 2.75) is 6.18 Å². The van der Waals surface area contributed by atoms with Gasteiger partial charge in [0.2, 0.25) is 0 Å². The van der Waals surface area contributed by atoms with Crippen molar-refractivity contribution in [3.05, 3.63) is 28.0 Å². The van der Waals surface area contributed by atoms with E-state index in [1.807, 2.05) is 0 Å². The molecule has 0 aliphatic rings. The van der Waals surface area contributed by atoms with E-state index in [-0.39, 0.29) is 4.47 Å². The van der Waals surface area contributed by atoms with E-state index < -0.39 is 35.2 Å². The number of alkyl halides is 3. The van der Waals surface area contributed by atoms with E-state index in [2.05, 4.69) is 26.4 Å². The fourth-order valence-corrected chi connectivity index (χ4v) is 1.37. The lowest BCUT2D eigenvalue weighted by atomic mass is 10.1. The highest BCUT2D eigenvalue weighted by Gasteiger charge is 2.41. The van der Waals surface area contributed by atoms with Crippen molar-refractivity contribution in [1.29, 1.82) is 0 Å². The molecule has 18 heavy (non-hydrogen) atoms. The minimum Gasteiger partial charge on any atom is -0.410 e. The number of carbonyl (C=O) groups is 2. The molecule has 0 heterocycles. The van der Waals surface area contributed by atoms with Crippen LogP contribution in [0.1, 0.15) is 10.4 Å². The van der Waals surface area contributed by atoms with Gasteiger partial charge in [-0.05, 0) is 28.1 Å². The molecular weight excluding hydrogens is 326 g/mol. The lowest BCUT2D eigenvalue weighted by molar-refractivity contribution is -0.0886. The van der Waals surface area contributed by atoms with Gasteiger partial charge in [0.15, 0.2) is 0 Å². The number of ether oxygens (including phenoxy) is 1. The van der Waals surface area contributed by atoms with Crippen molar-refractivity contribution in [1.82, 2.24) is 0 Å². The summed E-state index contributed by atoms with van der Waals surface area (Å²) in [5.41, 5.74) is 3.49. The molecule has 0 unspecified atom stereocenters. The topological polar surface area (TPSA) is 69.4 Å². The molecule has 0 aliphatic heterocycles. The van der Waals surface area contributed by atoms with Gasteiger partial charge in [-0.2, -0.15) is 13.2 Å². The Labute approximate surface area is 106 Å². The van der Waals surface area contributed by atoms with E-state index >= 15 is 0 Å². The molecule has 0 radical (unpaired) electrons. The highest BCUT2D eigenvalue weighted by molar-refractivity contribution is 9.10. The SMILES string of the molecule is NC(=O)Oc1cc(Br)c(F)cc1C(=O)C(F)(F)F. The van der Waals surface area contributed by atoms with Crippen LogP contribution in [0.25, 0.3) is 0 Å². The second-order valence-corrected chi connectivity index (χ2v) is 3.86. The van der Waals surface area contributed by atoms with Gasteiger partial charge in [0.25, 0.3) is 5.78 Å². The number of nitrogens with two attached hydrogens (primary N) is 1. The third-order valence-corrected chi connectivity index (χ3v) is 2.34. The van der Waals surface area contributed by atoms with Crippen LogP contribution in [0.2, 0.25) is 0 Å². The summed E-state index contributed by atoms with van der Waals surface area (Å²) in [7, 11) is 0. The summed E-state index contributed by atoms with van der Waals surface area (Å²) < 4.78 is 53.7. The minimum absolute atomic E-state index is 0.280. The number of Topliss-reactive ketones (excluding diaryl/α,β-unsaturated/α-hetero) is 1. The maximum atomic E-state index is 13.1. The lowest BCUT2D eigenvalue weighted by Crippen LogP contribution is -2.25. The number of ketones is 1. The maximum Gasteiger partial charge on any atom is 0.455 e. The molecule has 4 nitrogen and oxygen atoms in total. The number of hydrogen-bond acceptors (Lipinski definition) is 3. The van der Waals surface area contributed by atoms with Crippen molar-refractivity contribution < 1.29 is 31.9 Å². The summed E-state index contributed by atoms with van der Waals surface area (Å²) in [6.07, 6.45) is -6.65. The first-order chi connectivity index (χ1) is 8.12. The minimum atomic E-state index is -5.23. The molecule has 0 aromatic heterocycles. The van der Waals surface area contributed by atoms with Crippen LogP contribution >= 0.6 is 15.9 Å². The molecule has 2 N–H and O–H groups in total. The molecule has 1 aromatic rings. The van der Waals surface area contributed by atoms with Crippen molar-refractivity contribution in [2.75, 3.05) is 0 Å². The number of carbonyl (C=O) groups excluding carboxylic acids is 2. The summed E-state index contributed by atoms with van der Waals surface area (Å²) in [5.74, 6) is -4.23. The average molecular weight is 330 g/mol. The van der Waals surface area contributed by atoms with Gasteiger partial charge >= 0.3 is 12.3 Å². The van der Waals surface area contributed by atoms with Crippen LogP contribution in [0, 0.1) is 5.82 Å². The number of hydrogen-bond donors (Lipinski definition) is 1. The molecule has 0 saturated heterocycles. The van der Waals surface area contributed by atoms with Crippen LogP contribution in [-0.4, -0.2) is 18.1 Å². The van der Waals surface area contributed by atoms with Gasteiger partial charge in [0, 0.05) is 0 Å². The normalized spacial score (nSPS) is 11.2. The Balaban J connectivity index is 3.36. The number of halogens is 5. The Bertz CT molecular complexity index is 515. The zero-order valence-electron chi connectivity index (χ0n) is 8.35. The fraction of sp³-hybridized carbons (Fsp3) is 0.111. The summed E-state index contributed by atoms with van der Waals surface area (Å²) in [4.78, 5) is 21.5. The van der Waals surface area contributed by atoms with Crippen molar-refractivity contribution in [3.8, 4) is 5.75 Å². The van der Waals surface area contributed by atoms with Crippen molar-refractivity contribution in [3.63, 3.8) is 0 Å². The van der Waals surface area contributed by atoms with Crippen molar-refractivity contribution in [2.24, 2.45) is 5.73 Å². The molecule has 1 amide bonds. The molecule has 9 heteroatoms. The average Bonchev–Trinajstić information content (AvgIpc) is 2.20. The molecule has 0 saturated carbocycles. The summed E-state index contributed by atoms with van der Waals surface area (Å²) in [6.45, 7) is 0. The molecular formula is C9H4BrF4NO3. The monoisotopic (exact) mass is 329 g/mol. The van der Waals surface area contributed by atoms with Crippen LogP contribution in [0.4, 0.5) is 22.4 Å². The highest BCUT2D eigenvalue weighted by atomic mass is 79.9. The third-order valence-electron chi connectivity index (χ3n) is 1.74. The van der Waals surface area contributed by atoms with Crippen LogP contribution in [0.15, 0.2) is 16.6 Å². The van der Waals surface area contributed by atoms with E-state index in [4.69, 9.17) is 0 Å². The Hall–Kier alpha value is -1.64. The summed E-state index contributed by atoms with van der Waals surface area (Å²) >= 11 is 2.67. The molecule has 1 aromatic carbocycles. The molecule has 0 fully saturated rings. The van der Waals surface area contributed by atoms with Gasteiger partial charge in [0.1, 0.15) is 11.6 Å². The third kappa shape index (κ3) is 3.19. The molecule has 0 atom stereocenters. The maximum absolute atomic E-state index is 13.1. The van der Waals surface area contributed by atoms with E-state index in [0.29, 0.717) is 12.1 Å². The smallest absolute Gasteiger partial charge is 0.410 e. The number of rotatable bonds is 2. The van der Waals surface area contributed by atoms with Gasteiger partial charge in [0.05, 0.1) is 10.0 Å². The van der Waals surface area contributed by atoms with Crippen LogP contribution in [-0.2, 0) is 0 Å². The Morgan fingerprint density at radius 2 is 1.83 bits per heavy atom. The molecule has 98 valence electrons. The van der Waals surface area contributed by atoms with Crippen LogP contribution in [0.5, 0.6) is 5.75 Å². The standard InChI is InChI=1S/C9H4BrF4NO3/c10-4-2-6(18-8(15)17)3(1-5(4)11)7(16)9(12,13)14/h1-2H,(H2,15,17). The van der Waals surface area contributed by atoms with Gasteiger partial charge in [-0.25, -0.2) is 9.18 Å². The van der Waals surface area contributed by atoms with Gasteiger partial charge in [-0.3, -0.25) is 4.79 Å². The van der Waals surface area contributed by atoms with E-state index in [1.165, 1.54) is 0 Å². The number of primary amides is 1. The Kier molecular flexibility index (Phi) is 3.95. The fourth-order valence-electron chi connectivity index (χ4n) is 1.05. The Morgan fingerprint density at radius 3 is 2.28 bits per heavy atom. The van der Waals surface area contributed by atoms with Gasteiger partial charge < -0.3 is 10.5 Å². The second-order valence-electron chi connectivity index (χ2n) is 3.01. The van der Waals surface area contributed by atoms with Crippen molar-refractivity contribution >= 4 is 27.8 Å². The molecule has 0 bridgehead atoms. The molecule has 0 spiro atoms. The predicted octanol–water partition coefficient (Wildman–Crippen LogP) is 2.79. The first-order valence-electron chi connectivity index (χ1n) is 4.20. The van der Waals surface area contributed by atoms with E-state index in [9.17, 15) is 27.2 Å². The van der Waals surface area contributed by atoms with Crippen LogP contribution < -0.4 is 10.5 Å². The summed E-state index contributed by atoms with van der Waals surface area (Å²) in [6, 6.07) is 1.01. The van der Waals surface area contributed by atoms with E-state index in [1.54, 1.807) is 0 Å². The number of amides is 1. The molecule has 1 rings (SSSR count). The highest BCUT2D eigenvalue weighted by Crippen LogP contribution is 2.31. The lowest BCUT2D eigenvalue weighted by Gasteiger charge is -2.10. The second kappa shape index (κ2) is 4.92. The van der Waals surface area contributed by atoms with Gasteiger partial charge in [-0.15, -0.1) is 0 Å². The largest absolute Gasteiger partial charge is 0.455 e. The zero-order chi connectivity index (χ0) is 14.1. The summed E-state index contributed by atoms with van der Waals surface area (Å²) in [5, 5.41) is 0. The predicted molar refractivity (Wildman–Crippen MR) is 54.7 cm³/mol. The number of benzene rings is 1. The quantitative estimate of drug-likeness (QED) is 0.670. The molecule has 0 aliphatic carbocycles. The first-order valence-corrected chi connectivity index (χ1v) is 5.00. The van der Waals surface area contributed by atoms with Gasteiger partial charge in [-0.1, -0.05) is 0 Å². The van der Waals surface area contributed by atoms with Crippen LogP contribution in [0.3, 0.4) is 0 Å². The Morgan fingerprint density at radius 1 is 1.28 bits per heavy atom. The zero-order valence-corrected chi connectivity index (χ0v) is 9.93. The van der Waals surface area contributed by atoms with E-state index in [0.717, 1.165) is 0 Å².